The highest BCUT2D eigenvalue weighted by molar-refractivity contribution is 7.99. The van der Waals surface area contributed by atoms with Crippen LogP contribution >= 0.6 is 23.5 Å². The summed E-state index contributed by atoms with van der Waals surface area (Å²) < 4.78 is 1.69. The molecule has 0 spiro atoms. The molecule has 0 aliphatic carbocycles. The Kier molecular flexibility index (Phi) is 3.97. The highest BCUT2D eigenvalue weighted by Crippen LogP contribution is 2.28. The smallest absolute Gasteiger partial charge is 0.267 e. The van der Waals surface area contributed by atoms with Crippen LogP contribution in [0.4, 0.5) is 0 Å². The summed E-state index contributed by atoms with van der Waals surface area (Å²) in [6.45, 7) is 2.17. The molecule has 2 heterocycles. The first-order valence-electron chi connectivity index (χ1n) is 5.59. The van der Waals surface area contributed by atoms with Crippen LogP contribution in [-0.2, 0) is 13.5 Å². The fraction of sp³-hybridized carbons (Fsp3) is 0.636. The van der Waals surface area contributed by atoms with Crippen LogP contribution in [0.2, 0.25) is 0 Å². The first-order valence-corrected chi connectivity index (χ1v) is 7.56. The molecule has 0 N–H and O–H groups in total. The van der Waals surface area contributed by atoms with Gasteiger partial charge in [-0.3, -0.25) is 9.36 Å². The van der Waals surface area contributed by atoms with Crippen molar-refractivity contribution in [2.24, 2.45) is 7.05 Å². The van der Waals surface area contributed by atoms with E-state index in [2.05, 4.69) is 11.9 Å². The molecule has 0 radical (unpaired) electrons. The number of fused-ring (bicyclic) bond motifs is 1. The van der Waals surface area contributed by atoms with Crippen LogP contribution in [-0.4, -0.2) is 21.1 Å². The summed E-state index contributed by atoms with van der Waals surface area (Å²) in [4.78, 5) is 17.5. The Bertz CT molecular complexity index is 442. The largest absolute Gasteiger partial charge is 0.290 e. The zero-order valence-corrected chi connectivity index (χ0v) is 11.3. The molecule has 1 aliphatic heterocycles. The molecule has 16 heavy (non-hydrogen) atoms. The van der Waals surface area contributed by atoms with Gasteiger partial charge in [0.1, 0.15) is 0 Å². The number of hydrogen-bond donors (Lipinski definition) is 0. The number of aryl methyl sites for hydroxylation is 1. The maximum absolute atomic E-state index is 12.0. The molecule has 0 unspecified atom stereocenters. The number of unbranched alkanes of at least 4 members (excludes halogenated alkanes) is 1. The van der Waals surface area contributed by atoms with Gasteiger partial charge in [0, 0.05) is 25.0 Å². The second kappa shape index (κ2) is 5.27. The summed E-state index contributed by atoms with van der Waals surface area (Å²) in [7, 11) is 1.82. The topological polar surface area (TPSA) is 34.9 Å². The summed E-state index contributed by atoms with van der Waals surface area (Å²) in [5, 5.41) is 0.875. The molecular weight excluding hydrogens is 240 g/mol. The molecule has 3 nitrogen and oxygen atoms in total. The van der Waals surface area contributed by atoms with Crippen LogP contribution < -0.4 is 5.56 Å². The highest BCUT2D eigenvalue weighted by Gasteiger charge is 2.19. The van der Waals surface area contributed by atoms with E-state index in [9.17, 15) is 4.79 Å². The van der Waals surface area contributed by atoms with Crippen molar-refractivity contribution in [3.63, 3.8) is 0 Å². The molecule has 1 aromatic rings. The summed E-state index contributed by atoms with van der Waals surface area (Å²) in [6.07, 6.45) is 3.30. The van der Waals surface area contributed by atoms with E-state index in [-0.39, 0.29) is 5.56 Å². The molecule has 0 fully saturated rings. The third kappa shape index (κ3) is 2.30. The monoisotopic (exact) mass is 256 g/mol. The Hall–Kier alpha value is -0.420. The van der Waals surface area contributed by atoms with Crippen molar-refractivity contribution in [1.29, 1.82) is 0 Å². The first-order chi connectivity index (χ1) is 7.74. The van der Waals surface area contributed by atoms with Crippen molar-refractivity contribution in [1.82, 2.24) is 9.55 Å². The summed E-state index contributed by atoms with van der Waals surface area (Å²) in [5.41, 5.74) is 1.14. The number of aromatic nitrogens is 2. The van der Waals surface area contributed by atoms with Crippen molar-refractivity contribution >= 4 is 23.5 Å². The Morgan fingerprint density at radius 3 is 3.12 bits per heavy atom. The molecule has 5 heteroatoms. The van der Waals surface area contributed by atoms with E-state index in [1.165, 1.54) is 12.8 Å². The predicted molar refractivity (Wildman–Crippen MR) is 69.5 cm³/mol. The number of hydrogen-bond acceptors (Lipinski definition) is 4. The van der Waals surface area contributed by atoms with Gasteiger partial charge in [-0.1, -0.05) is 25.1 Å². The van der Waals surface area contributed by atoms with E-state index in [0.29, 0.717) is 0 Å². The van der Waals surface area contributed by atoms with Crippen molar-refractivity contribution < 1.29 is 0 Å². The van der Waals surface area contributed by atoms with Crippen molar-refractivity contribution in [2.45, 2.75) is 36.2 Å². The minimum Gasteiger partial charge on any atom is -0.290 e. The van der Waals surface area contributed by atoms with Gasteiger partial charge in [0.25, 0.3) is 5.56 Å². The van der Waals surface area contributed by atoms with E-state index in [1.54, 1.807) is 28.1 Å². The zero-order chi connectivity index (χ0) is 11.5. The minimum atomic E-state index is 0.131. The van der Waals surface area contributed by atoms with Crippen LogP contribution in [0, 0.1) is 0 Å². The molecule has 0 bridgehead atoms. The average Bonchev–Trinajstić information content (AvgIpc) is 2.73. The van der Waals surface area contributed by atoms with Crippen molar-refractivity contribution in [3.8, 4) is 0 Å². The van der Waals surface area contributed by atoms with Crippen LogP contribution in [0.5, 0.6) is 0 Å². The maximum Gasteiger partial charge on any atom is 0.267 e. The third-order valence-corrected chi connectivity index (χ3v) is 4.82. The van der Waals surface area contributed by atoms with E-state index in [1.807, 2.05) is 7.05 Å². The van der Waals surface area contributed by atoms with Crippen molar-refractivity contribution in [3.05, 3.63) is 16.0 Å². The molecule has 88 valence electrons. The molecule has 1 aliphatic rings. The average molecular weight is 256 g/mol. The molecule has 0 amide bonds. The predicted octanol–water partition coefficient (Wildman–Crippen LogP) is 2.32. The van der Waals surface area contributed by atoms with E-state index < -0.39 is 0 Å². The number of nitrogens with zero attached hydrogens (tertiary/aromatic N) is 2. The SMILES string of the molecule is CCCCSc1nc2c(c(=O)n1C)SCC2. The van der Waals surface area contributed by atoms with Crippen LogP contribution in [0.3, 0.4) is 0 Å². The van der Waals surface area contributed by atoms with Gasteiger partial charge in [0.15, 0.2) is 5.16 Å². The van der Waals surface area contributed by atoms with Crippen LogP contribution in [0.15, 0.2) is 14.8 Å². The lowest BCUT2D eigenvalue weighted by Crippen LogP contribution is -2.22. The van der Waals surface area contributed by atoms with Gasteiger partial charge in [0.05, 0.1) is 10.6 Å². The highest BCUT2D eigenvalue weighted by atomic mass is 32.2. The Morgan fingerprint density at radius 2 is 2.38 bits per heavy atom. The molecule has 0 saturated heterocycles. The van der Waals surface area contributed by atoms with Gasteiger partial charge in [-0.2, -0.15) is 0 Å². The van der Waals surface area contributed by atoms with Crippen LogP contribution in [0.25, 0.3) is 0 Å². The van der Waals surface area contributed by atoms with Gasteiger partial charge < -0.3 is 0 Å². The molecular formula is C11H16N2OS2. The fourth-order valence-electron chi connectivity index (χ4n) is 1.60. The normalized spacial score (nSPS) is 14.1. The lowest BCUT2D eigenvalue weighted by atomic mass is 10.3. The number of rotatable bonds is 4. The first kappa shape index (κ1) is 12.0. The molecule has 0 saturated carbocycles. The fourth-order valence-corrected chi connectivity index (χ4v) is 3.75. The van der Waals surface area contributed by atoms with E-state index in [0.717, 1.165) is 33.7 Å². The van der Waals surface area contributed by atoms with E-state index >= 15 is 0 Å². The second-order valence-electron chi connectivity index (χ2n) is 3.83. The molecule has 2 rings (SSSR count). The molecule has 1 aromatic heterocycles. The Morgan fingerprint density at radius 1 is 1.56 bits per heavy atom. The minimum absolute atomic E-state index is 0.131. The number of thioether (sulfide) groups is 2. The second-order valence-corrected chi connectivity index (χ2v) is 6.00. The standard InChI is InChI=1S/C11H16N2OS2/c1-3-4-6-16-11-12-8-5-7-15-9(8)10(14)13(11)2/h3-7H2,1-2H3. The van der Waals surface area contributed by atoms with Gasteiger partial charge in [-0.25, -0.2) is 4.98 Å². The van der Waals surface area contributed by atoms with Gasteiger partial charge in [0.2, 0.25) is 0 Å². The lowest BCUT2D eigenvalue weighted by molar-refractivity contribution is 0.668. The van der Waals surface area contributed by atoms with Crippen molar-refractivity contribution in [2.75, 3.05) is 11.5 Å². The Labute approximate surface area is 104 Å². The van der Waals surface area contributed by atoms with E-state index in [4.69, 9.17) is 0 Å². The van der Waals surface area contributed by atoms with Crippen LogP contribution in [0.1, 0.15) is 25.5 Å². The van der Waals surface area contributed by atoms with Gasteiger partial charge in [-0.15, -0.1) is 11.8 Å². The quantitative estimate of drug-likeness (QED) is 0.470. The zero-order valence-electron chi connectivity index (χ0n) is 9.65. The van der Waals surface area contributed by atoms with Gasteiger partial charge >= 0.3 is 0 Å². The summed E-state index contributed by atoms with van der Waals surface area (Å²) >= 11 is 3.34. The van der Waals surface area contributed by atoms with Gasteiger partial charge in [-0.05, 0) is 6.42 Å². The maximum atomic E-state index is 12.0. The summed E-state index contributed by atoms with van der Waals surface area (Å²) in [6, 6.07) is 0. The summed E-state index contributed by atoms with van der Waals surface area (Å²) in [5.74, 6) is 2.05. The third-order valence-electron chi connectivity index (χ3n) is 2.59. The molecule has 0 atom stereocenters. The molecule has 0 aromatic carbocycles. The lowest BCUT2D eigenvalue weighted by Gasteiger charge is -2.08. The Balaban J connectivity index is 2.26.